The van der Waals surface area contributed by atoms with Crippen LogP contribution in [-0.4, -0.2) is 38.8 Å². The molecular formula is C16H21BrN2O3. The van der Waals surface area contributed by atoms with Gasteiger partial charge in [-0.2, -0.15) is 0 Å². The van der Waals surface area contributed by atoms with Crippen LogP contribution in [0, 0.1) is 5.92 Å². The van der Waals surface area contributed by atoms with Crippen LogP contribution in [0.15, 0.2) is 16.6 Å². The molecule has 3 rings (SSSR count). The molecule has 1 amide bonds. The van der Waals surface area contributed by atoms with E-state index in [1.54, 1.807) is 12.1 Å². The van der Waals surface area contributed by atoms with Gasteiger partial charge < -0.3 is 20.1 Å². The second kappa shape index (κ2) is 7.33. The fraction of sp³-hybridized carbons (Fsp3) is 0.562. The van der Waals surface area contributed by atoms with Gasteiger partial charge in [-0.15, -0.1) is 0 Å². The second-order valence-corrected chi connectivity index (χ2v) is 6.59. The van der Waals surface area contributed by atoms with E-state index in [2.05, 4.69) is 26.6 Å². The molecule has 5 nitrogen and oxygen atoms in total. The summed E-state index contributed by atoms with van der Waals surface area (Å²) in [6, 6.07) is 3.53. The summed E-state index contributed by atoms with van der Waals surface area (Å²) in [7, 11) is 0. The molecule has 120 valence electrons. The molecule has 1 fully saturated rings. The second-order valence-electron chi connectivity index (χ2n) is 5.74. The largest absolute Gasteiger partial charge is 0.486 e. The van der Waals surface area contributed by atoms with Gasteiger partial charge in [0, 0.05) is 12.1 Å². The maximum absolute atomic E-state index is 12.3. The summed E-state index contributed by atoms with van der Waals surface area (Å²) in [4.78, 5) is 12.3. The SMILES string of the molecule is O=C(NCCC1CCCNC1)c1cc(Br)c2c(c1)OCCO2. The first-order chi connectivity index (χ1) is 10.7. The Hall–Kier alpha value is -1.27. The first-order valence-electron chi connectivity index (χ1n) is 7.82. The smallest absolute Gasteiger partial charge is 0.251 e. The fourth-order valence-electron chi connectivity index (χ4n) is 2.90. The predicted octanol–water partition coefficient (Wildman–Crippen LogP) is 2.34. The molecule has 2 aliphatic heterocycles. The summed E-state index contributed by atoms with van der Waals surface area (Å²) in [6.07, 6.45) is 3.50. The van der Waals surface area contributed by atoms with Gasteiger partial charge in [-0.05, 0) is 66.3 Å². The molecule has 0 spiro atoms. The maximum Gasteiger partial charge on any atom is 0.251 e. The minimum Gasteiger partial charge on any atom is -0.486 e. The van der Waals surface area contributed by atoms with Crippen LogP contribution in [-0.2, 0) is 0 Å². The van der Waals surface area contributed by atoms with Crippen LogP contribution in [0.1, 0.15) is 29.6 Å². The standard InChI is InChI=1S/C16H21BrN2O3/c17-13-8-12(9-14-15(13)22-7-6-21-14)16(20)19-5-3-11-2-1-4-18-10-11/h8-9,11,18H,1-7,10H2,(H,19,20). The summed E-state index contributed by atoms with van der Waals surface area (Å²) in [5.41, 5.74) is 0.595. The Labute approximate surface area is 138 Å². The van der Waals surface area contributed by atoms with Gasteiger partial charge >= 0.3 is 0 Å². The topological polar surface area (TPSA) is 59.6 Å². The minimum absolute atomic E-state index is 0.0681. The number of hydrogen-bond acceptors (Lipinski definition) is 4. The van der Waals surface area contributed by atoms with Gasteiger partial charge in [0.15, 0.2) is 11.5 Å². The van der Waals surface area contributed by atoms with Crippen molar-refractivity contribution in [3.05, 3.63) is 22.2 Å². The van der Waals surface area contributed by atoms with Crippen molar-refractivity contribution in [1.29, 1.82) is 0 Å². The predicted molar refractivity (Wildman–Crippen MR) is 87.7 cm³/mol. The Balaban J connectivity index is 1.56. The van der Waals surface area contributed by atoms with Gasteiger partial charge in [-0.3, -0.25) is 4.79 Å². The Bertz CT molecular complexity index is 544. The molecule has 2 N–H and O–H groups in total. The molecule has 6 heteroatoms. The Morgan fingerprint density at radius 2 is 2.23 bits per heavy atom. The minimum atomic E-state index is -0.0681. The Morgan fingerprint density at radius 1 is 1.36 bits per heavy atom. The van der Waals surface area contributed by atoms with E-state index in [4.69, 9.17) is 9.47 Å². The van der Waals surface area contributed by atoms with Gasteiger partial charge in [0.25, 0.3) is 5.91 Å². The number of rotatable bonds is 4. The van der Waals surface area contributed by atoms with Gasteiger partial charge in [-0.1, -0.05) is 0 Å². The highest BCUT2D eigenvalue weighted by atomic mass is 79.9. The molecule has 0 saturated carbocycles. The number of halogens is 1. The van der Waals surface area contributed by atoms with Crippen LogP contribution >= 0.6 is 15.9 Å². The van der Waals surface area contributed by atoms with E-state index in [0.29, 0.717) is 42.7 Å². The summed E-state index contributed by atoms with van der Waals surface area (Å²) < 4.78 is 11.8. The van der Waals surface area contributed by atoms with Crippen molar-refractivity contribution in [2.24, 2.45) is 5.92 Å². The highest BCUT2D eigenvalue weighted by Crippen LogP contribution is 2.38. The molecule has 2 heterocycles. The number of carbonyl (C=O) groups excluding carboxylic acids is 1. The van der Waals surface area contributed by atoms with E-state index in [1.165, 1.54) is 12.8 Å². The van der Waals surface area contributed by atoms with Crippen molar-refractivity contribution in [3.8, 4) is 11.5 Å². The monoisotopic (exact) mass is 368 g/mol. The number of fused-ring (bicyclic) bond motifs is 1. The number of nitrogens with one attached hydrogen (secondary N) is 2. The molecule has 2 aliphatic rings. The van der Waals surface area contributed by atoms with Gasteiger partial charge in [0.2, 0.25) is 0 Å². The van der Waals surface area contributed by atoms with Crippen molar-refractivity contribution in [2.75, 3.05) is 32.8 Å². The van der Waals surface area contributed by atoms with E-state index in [0.717, 1.165) is 24.0 Å². The van der Waals surface area contributed by atoms with E-state index in [-0.39, 0.29) is 5.91 Å². The van der Waals surface area contributed by atoms with Crippen LogP contribution in [0.4, 0.5) is 0 Å². The molecule has 0 radical (unpaired) electrons. The number of benzene rings is 1. The van der Waals surface area contributed by atoms with Crippen LogP contribution < -0.4 is 20.1 Å². The van der Waals surface area contributed by atoms with Gasteiger partial charge in [-0.25, -0.2) is 0 Å². The van der Waals surface area contributed by atoms with Crippen LogP contribution in [0.25, 0.3) is 0 Å². The number of hydrogen-bond donors (Lipinski definition) is 2. The molecule has 1 aromatic carbocycles. The van der Waals surface area contributed by atoms with Gasteiger partial charge in [0.1, 0.15) is 13.2 Å². The highest BCUT2D eigenvalue weighted by Gasteiger charge is 2.19. The molecule has 1 aromatic rings. The zero-order chi connectivity index (χ0) is 15.4. The number of ether oxygens (including phenoxy) is 2. The third-order valence-corrected chi connectivity index (χ3v) is 4.69. The average Bonchev–Trinajstić information content (AvgIpc) is 2.56. The van der Waals surface area contributed by atoms with E-state index in [9.17, 15) is 4.79 Å². The molecule has 1 unspecified atom stereocenters. The normalized spacial score (nSPS) is 20.5. The molecular weight excluding hydrogens is 348 g/mol. The molecule has 1 atom stereocenters. The zero-order valence-corrected chi connectivity index (χ0v) is 14.1. The third-order valence-electron chi connectivity index (χ3n) is 4.10. The summed E-state index contributed by atoms with van der Waals surface area (Å²) in [6.45, 7) is 3.93. The first-order valence-corrected chi connectivity index (χ1v) is 8.61. The zero-order valence-electron chi connectivity index (χ0n) is 12.5. The van der Waals surface area contributed by atoms with Crippen molar-refractivity contribution >= 4 is 21.8 Å². The molecule has 0 aliphatic carbocycles. The summed E-state index contributed by atoms with van der Waals surface area (Å²) in [5.74, 6) is 1.90. The third kappa shape index (κ3) is 3.73. The quantitative estimate of drug-likeness (QED) is 0.856. The van der Waals surface area contributed by atoms with Gasteiger partial charge in [0.05, 0.1) is 4.47 Å². The lowest BCUT2D eigenvalue weighted by Crippen LogP contribution is -2.33. The number of piperidine rings is 1. The van der Waals surface area contributed by atoms with E-state index >= 15 is 0 Å². The Kier molecular flexibility index (Phi) is 5.20. The van der Waals surface area contributed by atoms with E-state index < -0.39 is 0 Å². The fourth-order valence-corrected chi connectivity index (χ4v) is 3.46. The van der Waals surface area contributed by atoms with Crippen molar-refractivity contribution < 1.29 is 14.3 Å². The first kappa shape index (κ1) is 15.6. The van der Waals surface area contributed by atoms with Crippen LogP contribution in [0.5, 0.6) is 11.5 Å². The number of amides is 1. The average molecular weight is 369 g/mol. The van der Waals surface area contributed by atoms with Crippen molar-refractivity contribution in [1.82, 2.24) is 10.6 Å². The van der Waals surface area contributed by atoms with E-state index in [1.807, 2.05) is 0 Å². The molecule has 0 bridgehead atoms. The van der Waals surface area contributed by atoms with Crippen LogP contribution in [0.2, 0.25) is 0 Å². The van der Waals surface area contributed by atoms with Crippen molar-refractivity contribution in [2.45, 2.75) is 19.3 Å². The molecule has 1 saturated heterocycles. The van der Waals surface area contributed by atoms with Crippen molar-refractivity contribution in [3.63, 3.8) is 0 Å². The lowest BCUT2D eigenvalue weighted by atomic mass is 9.96. The summed E-state index contributed by atoms with van der Waals surface area (Å²) >= 11 is 3.44. The highest BCUT2D eigenvalue weighted by molar-refractivity contribution is 9.10. The number of carbonyl (C=O) groups is 1. The molecule has 0 aromatic heterocycles. The lowest BCUT2D eigenvalue weighted by molar-refractivity contribution is 0.0949. The summed E-state index contributed by atoms with van der Waals surface area (Å²) in [5, 5.41) is 6.39. The maximum atomic E-state index is 12.3. The molecule has 22 heavy (non-hydrogen) atoms. The lowest BCUT2D eigenvalue weighted by Gasteiger charge is -2.23. The van der Waals surface area contributed by atoms with Crippen LogP contribution in [0.3, 0.4) is 0 Å². The Morgan fingerprint density at radius 3 is 3.05 bits per heavy atom.